The molecule has 0 aliphatic carbocycles. The van der Waals surface area contributed by atoms with Gasteiger partial charge in [0.1, 0.15) is 0 Å². The van der Waals surface area contributed by atoms with E-state index in [2.05, 4.69) is 5.32 Å². The van der Waals surface area contributed by atoms with Crippen LogP contribution in [-0.2, 0) is 4.79 Å². The van der Waals surface area contributed by atoms with Crippen molar-refractivity contribution >= 4 is 35.0 Å². The van der Waals surface area contributed by atoms with Gasteiger partial charge in [0.2, 0.25) is 11.7 Å². The summed E-state index contributed by atoms with van der Waals surface area (Å²) in [5, 5.41) is 3.74. The van der Waals surface area contributed by atoms with Crippen molar-refractivity contribution in [2.24, 2.45) is 11.8 Å². The minimum absolute atomic E-state index is 0.107. The van der Waals surface area contributed by atoms with Crippen molar-refractivity contribution in [1.29, 1.82) is 0 Å². The number of nitrogens with zero attached hydrogens (tertiary/aromatic N) is 1. The second-order valence-corrected chi connectivity index (χ2v) is 9.49. The Balaban J connectivity index is 1.99. The van der Waals surface area contributed by atoms with Gasteiger partial charge in [0.25, 0.3) is 5.91 Å². The summed E-state index contributed by atoms with van der Waals surface area (Å²) in [6.45, 7) is 5.20. The normalized spacial score (nSPS) is 17.6. The lowest BCUT2D eigenvalue weighted by molar-refractivity contribution is -0.125. The summed E-state index contributed by atoms with van der Waals surface area (Å²) >= 11 is 12.3. The van der Waals surface area contributed by atoms with Crippen LogP contribution < -0.4 is 19.5 Å². The molecule has 2 atom stereocenters. The van der Waals surface area contributed by atoms with Gasteiger partial charge in [-0.1, -0.05) is 37.0 Å². The number of carbonyl (C=O) groups is 2. The fraction of sp³-hybridized carbons (Fsp3) is 0.440. The van der Waals surface area contributed by atoms with Crippen LogP contribution in [0.5, 0.6) is 17.2 Å². The smallest absolute Gasteiger partial charge is 0.255 e. The largest absolute Gasteiger partial charge is 0.493 e. The Kier molecular flexibility index (Phi) is 8.55. The molecule has 34 heavy (non-hydrogen) atoms. The van der Waals surface area contributed by atoms with Crippen molar-refractivity contribution in [3.05, 3.63) is 51.5 Å². The summed E-state index contributed by atoms with van der Waals surface area (Å²) in [6, 6.07) is 8.43. The van der Waals surface area contributed by atoms with Crippen molar-refractivity contribution < 1.29 is 23.8 Å². The second kappa shape index (κ2) is 11.2. The molecule has 2 amide bonds. The fourth-order valence-corrected chi connectivity index (χ4v) is 4.65. The van der Waals surface area contributed by atoms with Crippen LogP contribution in [-0.4, -0.2) is 57.7 Å². The highest BCUT2D eigenvalue weighted by atomic mass is 35.5. The number of halogens is 2. The van der Waals surface area contributed by atoms with Gasteiger partial charge in [0.05, 0.1) is 37.8 Å². The highest BCUT2D eigenvalue weighted by Gasteiger charge is 2.41. The molecule has 0 saturated carbocycles. The number of likely N-dealkylation sites (tertiary alicyclic amines) is 1. The number of rotatable bonds is 8. The van der Waals surface area contributed by atoms with E-state index in [1.807, 2.05) is 26.0 Å². The van der Waals surface area contributed by atoms with Gasteiger partial charge < -0.3 is 24.4 Å². The standard InChI is InChI=1S/C25H30Cl2N2O5/c1-14(2)11-28-24(30)19-13-29(25(31)17-7-6-16(26)10-20(17)27)12-18(19)15-8-21(32-3)23(34-5)22(9-15)33-4/h6-10,14,18-19H,11-13H2,1-5H3,(H,28,30)/t18-,19+/m1/s1. The first-order valence-electron chi connectivity index (χ1n) is 11.0. The minimum Gasteiger partial charge on any atom is -0.493 e. The zero-order valence-electron chi connectivity index (χ0n) is 20.0. The number of hydrogen-bond acceptors (Lipinski definition) is 5. The Morgan fingerprint density at radius 1 is 1.03 bits per heavy atom. The molecule has 1 heterocycles. The molecule has 0 spiro atoms. The van der Waals surface area contributed by atoms with E-state index in [0.717, 1.165) is 5.56 Å². The summed E-state index contributed by atoms with van der Waals surface area (Å²) < 4.78 is 16.5. The summed E-state index contributed by atoms with van der Waals surface area (Å²) in [5.74, 6) is 0.646. The highest BCUT2D eigenvalue weighted by Crippen LogP contribution is 2.43. The maximum atomic E-state index is 13.3. The van der Waals surface area contributed by atoms with E-state index in [1.54, 1.807) is 31.3 Å². The van der Waals surface area contributed by atoms with Crippen LogP contribution in [0, 0.1) is 11.8 Å². The number of methoxy groups -OCH3 is 3. The van der Waals surface area contributed by atoms with E-state index >= 15 is 0 Å². The third-order valence-electron chi connectivity index (χ3n) is 5.91. The van der Waals surface area contributed by atoms with Crippen LogP contribution in [0.15, 0.2) is 30.3 Å². The van der Waals surface area contributed by atoms with E-state index in [-0.39, 0.29) is 29.3 Å². The van der Waals surface area contributed by atoms with Crippen molar-refractivity contribution in [3.63, 3.8) is 0 Å². The van der Waals surface area contributed by atoms with Gasteiger partial charge >= 0.3 is 0 Å². The third kappa shape index (κ3) is 5.53. The molecule has 0 aromatic heterocycles. The molecule has 3 rings (SSSR count). The SMILES string of the molecule is COc1cc([C@H]2CN(C(=O)c3ccc(Cl)cc3Cl)C[C@@H]2C(=O)NCC(C)C)cc(OC)c1OC. The molecule has 1 aliphatic heterocycles. The molecule has 184 valence electrons. The third-order valence-corrected chi connectivity index (χ3v) is 6.45. The van der Waals surface area contributed by atoms with Crippen molar-refractivity contribution in [2.75, 3.05) is 41.0 Å². The predicted molar refractivity (Wildman–Crippen MR) is 133 cm³/mol. The zero-order valence-corrected chi connectivity index (χ0v) is 21.5. The zero-order chi connectivity index (χ0) is 25.0. The molecule has 0 unspecified atom stereocenters. The van der Waals surface area contributed by atoms with Crippen LogP contribution in [0.25, 0.3) is 0 Å². The Bertz CT molecular complexity index is 1030. The number of benzene rings is 2. The molecule has 1 N–H and O–H groups in total. The molecule has 7 nitrogen and oxygen atoms in total. The molecular formula is C25H30Cl2N2O5. The Hall–Kier alpha value is -2.64. The molecular weight excluding hydrogens is 479 g/mol. The maximum Gasteiger partial charge on any atom is 0.255 e. The number of ether oxygens (including phenoxy) is 3. The summed E-state index contributed by atoms with van der Waals surface area (Å²) in [4.78, 5) is 28.2. The van der Waals surface area contributed by atoms with Gasteiger partial charge in [-0.3, -0.25) is 9.59 Å². The molecule has 1 aliphatic rings. The van der Waals surface area contributed by atoms with Gasteiger partial charge in [-0.15, -0.1) is 0 Å². The van der Waals surface area contributed by atoms with Gasteiger partial charge in [-0.05, 0) is 41.8 Å². The van der Waals surface area contributed by atoms with Crippen LogP contribution in [0.4, 0.5) is 0 Å². The average Bonchev–Trinajstić information content (AvgIpc) is 3.26. The Morgan fingerprint density at radius 3 is 2.21 bits per heavy atom. The molecule has 1 fully saturated rings. The number of amides is 2. The van der Waals surface area contributed by atoms with Crippen LogP contribution >= 0.6 is 23.2 Å². The van der Waals surface area contributed by atoms with Crippen LogP contribution in [0.2, 0.25) is 10.0 Å². The molecule has 9 heteroatoms. The van der Waals surface area contributed by atoms with E-state index < -0.39 is 5.92 Å². The monoisotopic (exact) mass is 508 g/mol. The lowest BCUT2D eigenvalue weighted by Crippen LogP contribution is -2.37. The first-order chi connectivity index (χ1) is 16.2. The van der Waals surface area contributed by atoms with Crippen LogP contribution in [0.3, 0.4) is 0 Å². The quantitative estimate of drug-likeness (QED) is 0.561. The lowest BCUT2D eigenvalue weighted by atomic mass is 9.87. The first kappa shape index (κ1) is 26.0. The van der Waals surface area contributed by atoms with Gasteiger partial charge in [0, 0.05) is 30.6 Å². The fourth-order valence-electron chi connectivity index (χ4n) is 4.16. The first-order valence-corrected chi connectivity index (χ1v) is 11.8. The summed E-state index contributed by atoms with van der Waals surface area (Å²) in [7, 11) is 4.62. The van der Waals surface area contributed by atoms with Crippen molar-refractivity contribution in [3.8, 4) is 17.2 Å². The molecule has 0 radical (unpaired) electrons. The number of hydrogen-bond donors (Lipinski definition) is 1. The topological polar surface area (TPSA) is 77.1 Å². The van der Waals surface area contributed by atoms with E-state index in [4.69, 9.17) is 37.4 Å². The minimum atomic E-state index is -0.461. The van der Waals surface area contributed by atoms with Gasteiger partial charge in [0.15, 0.2) is 11.5 Å². The highest BCUT2D eigenvalue weighted by molar-refractivity contribution is 6.36. The number of carbonyl (C=O) groups excluding carboxylic acids is 2. The Labute approximate surface area is 210 Å². The molecule has 2 aromatic rings. The van der Waals surface area contributed by atoms with Crippen LogP contribution in [0.1, 0.15) is 35.7 Å². The maximum absolute atomic E-state index is 13.3. The predicted octanol–water partition coefficient (Wildman–Crippen LogP) is 4.65. The van der Waals surface area contributed by atoms with Crippen molar-refractivity contribution in [2.45, 2.75) is 19.8 Å². The van der Waals surface area contributed by atoms with Gasteiger partial charge in [-0.2, -0.15) is 0 Å². The number of nitrogens with one attached hydrogen (secondary N) is 1. The van der Waals surface area contributed by atoms with E-state index in [1.165, 1.54) is 13.2 Å². The van der Waals surface area contributed by atoms with E-state index in [9.17, 15) is 9.59 Å². The van der Waals surface area contributed by atoms with Gasteiger partial charge in [-0.25, -0.2) is 0 Å². The molecule has 2 aromatic carbocycles. The molecule has 1 saturated heterocycles. The summed E-state index contributed by atoms with van der Waals surface area (Å²) in [6.07, 6.45) is 0. The summed E-state index contributed by atoms with van der Waals surface area (Å²) in [5.41, 5.74) is 1.16. The average molecular weight is 509 g/mol. The molecule has 0 bridgehead atoms. The Morgan fingerprint density at radius 2 is 1.68 bits per heavy atom. The van der Waals surface area contributed by atoms with Crippen molar-refractivity contribution in [1.82, 2.24) is 10.2 Å². The lowest BCUT2D eigenvalue weighted by Gasteiger charge is -2.21. The second-order valence-electron chi connectivity index (χ2n) is 8.64. The van der Waals surface area contributed by atoms with E-state index in [0.29, 0.717) is 46.8 Å².